The van der Waals surface area contributed by atoms with Crippen LogP contribution in [-0.2, 0) is 0 Å². The number of aryl methyl sites for hydroxylation is 1. The highest BCUT2D eigenvalue weighted by atomic mass is 16.5. The molecule has 0 bridgehead atoms. The molecule has 25 heavy (non-hydrogen) atoms. The Hall–Kier alpha value is -2.69. The summed E-state index contributed by atoms with van der Waals surface area (Å²) in [6, 6.07) is 15.2. The van der Waals surface area contributed by atoms with Crippen LogP contribution in [-0.4, -0.2) is 25.8 Å². The van der Waals surface area contributed by atoms with Crippen molar-refractivity contribution in [3.8, 4) is 11.5 Å². The third-order valence-electron chi connectivity index (χ3n) is 3.66. The first-order valence-electron chi connectivity index (χ1n) is 8.55. The van der Waals surface area contributed by atoms with Gasteiger partial charge in [-0.1, -0.05) is 24.3 Å². The van der Waals surface area contributed by atoms with Gasteiger partial charge >= 0.3 is 6.03 Å². The molecule has 0 spiro atoms. The van der Waals surface area contributed by atoms with Crippen molar-refractivity contribution in [1.29, 1.82) is 0 Å². The number of rotatable bonds is 8. The normalized spacial score (nSPS) is 11.5. The second-order valence-corrected chi connectivity index (χ2v) is 5.79. The molecule has 2 aromatic carbocycles. The van der Waals surface area contributed by atoms with Crippen molar-refractivity contribution in [2.75, 3.05) is 19.8 Å². The summed E-state index contributed by atoms with van der Waals surface area (Å²) in [5, 5.41) is 5.71. The standard InChI is InChI=1S/C20H26N2O3/c1-4-24-19-10-6-8-17(14-19)16(3)22-20(23)21-11-12-25-18-9-5-7-15(2)13-18/h5-10,13-14,16H,4,11-12H2,1-3H3,(H2,21,22,23). The minimum atomic E-state index is -0.220. The smallest absolute Gasteiger partial charge is 0.315 e. The van der Waals surface area contributed by atoms with Gasteiger partial charge in [-0.3, -0.25) is 0 Å². The fourth-order valence-electron chi connectivity index (χ4n) is 2.41. The number of carbonyl (C=O) groups excluding carboxylic acids is 1. The van der Waals surface area contributed by atoms with Crippen LogP contribution in [0.25, 0.3) is 0 Å². The van der Waals surface area contributed by atoms with Gasteiger partial charge in [-0.05, 0) is 56.2 Å². The van der Waals surface area contributed by atoms with Gasteiger partial charge in [0.2, 0.25) is 0 Å². The van der Waals surface area contributed by atoms with Crippen LogP contribution in [0, 0.1) is 6.92 Å². The van der Waals surface area contributed by atoms with Crippen molar-refractivity contribution < 1.29 is 14.3 Å². The first kappa shape index (κ1) is 18.6. The van der Waals surface area contributed by atoms with E-state index in [1.54, 1.807) is 0 Å². The summed E-state index contributed by atoms with van der Waals surface area (Å²) in [6.45, 7) is 7.37. The van der Waals surface area contributed by atoms with Crippen molar-refractivity contribution in [2.24, 2.45) is 0 Å². The van der Waals surface area contributed by atoms with Crippen LogP contribution in [0.3, 0.4) is 0 Å². The van der Waals surface area contributed by atoms with Crippen molar-refractivity contribution in [2.45, 2.75) is 26.8 Å². The lowest BCUT2D eigenvalue weighted by Crippen LogP contribution is -2.39. The Morgan fingerprint density at radius 1 is 1.08 bits per heavy atom. The van der Waals surface area contributed by atoms with E-state index >= 15 is 0 Å². The molecule has 2 amide bonds. The summed E-state index contributed by atoms with van der Waals surface area (Å²) in [5.41, 5.74) is 2.14. The molecule has 0 fully saturated rings. The van der Waals surface area contributed by atoms with Gasteiger partial charge in [0.1, 0.15) is 18.1 Å². The molecule has 0 aliphatic heterocycles. The Morgan fingerprint density at radius 2 is 1.80 bits per heavy atom. The van der Waals surface area contributed by atoms with Gasteiger partial charge < -0.3 is 20.1 Å². The number of amides is 2. The van der Waals surface area contributed by atoms with Crippen LogP contribution in [0.4, 0.5) is 4.79 Å². The zero-order valence-electron chi connectivity index (χ0n) is 15.0. The maximum Gasteiger partial charge on any atom is 0.315 e. The van der Waals surface area contributed by atoms with Crippen LogP contribution in [0.1, 0.15) is 31.0 Å². The first-order chi connectivity index (χ1) is 12.1. The number of hydrogen-bond donors (Lipinski definition) is 2. The van der Waals surface area contributed by atoms with E-state index in [0.29, 0.717) is 19.8 Å². The molecule has 0 saturated carbocycles. The number of ether oxygens (including phenoxy) is 2. The molecule has 5 heteroatoms. The molecule has 1 unspecified atom stereocenters. The molecular formula is C20H26N2O3. The lowest BCUT2D eigenvalue weighted by Gasteiger charge is -2.16. The molecule has 0 aromatic heterocycles. The molecule has 2 N–H and O–H groups in total. The van der Waals surface area contributed by atoms with E-state index in [2.05, 4.69) is 10.6 Å². The SMILES string of the molecule is CCOc1cccc(C(C)NC(=O)NCCOc2cccc(C)c2)c1. The van der Waals surface area contributed by atoms with E-state index in [0.717, 1.165) is 22.6 Å². The molecule has 5 nitrogen and oxygen atoms in total. The molecule has 2 aromatic rings. The fraction of sp³-hybridized carbons (Fsp3) is 0.350. The summed E-state index contributed by atoms with van der Waals surface area (Å²) in [4.78, 5) is 12.0. The topological polar surface area (TPSA) is 59.6 Å². The van der Waals surface area contributed by atoms with Gasteiger partial charge in [-0.25, -0.2) is 4.79 Å². The Morgan fingerprint density at radius 3 is 2.52 bits per heavy atom. The van der Waals surface area contributed by atoms with Crippen molar-refractivity contribution in [3.05, 3.63) is 59.7 Å². The molecule has 0 heterocycles. The van der Waals surface area contributed by atoms with Crippen LogP contribution >= 0.6 is 0 Å². The fourth-order valence-corrected chi connectivity index (χ4v) is 2.41. The van der Waals surface area contributed by atoms with Crippen LogP contribution < -0.4 is 20.1 Å². The molecule has 0 aliphatic rings. The molecule has 1 atom stereocenters. The highest BCUT2D eigenvalue weighted by molar-refractivity contribution is 5.74. The van der Waals surface area contributed by atoms with E-state index in [1.807, 2.05) is 69.3 Å². The average molecular weight is 342 g/mol. The second-order valence-electron chi connectivity index (χ2n) is 5.79. The Kier molecular flexibility index (Phi) is 7.14. The number of hydrogen-bond acceptors (Lipinski definition) is 3. The summed E-state index contributed by atoms with van der Waals surface area (Å²) >= 11 is 0. The lowest BCUT2D eigenvalue weighted by atomic mass is 10.1. The Bertz CT molecular complexity index is 688. The van der Waals surface area contributed by atoms with E-state index in [-0.39, 0.29) is 12.1 Å². The highest BCUT2D eigenvalue weighted by Crippen LogP contribution is 2.19. The van der Waals surface area contributed by atoms with Crippen LogP contribution in [0.2, 0.25) is 0 Å². The maximum absolute atomic E-state index is 12.0. The molecule has 2 rings (SSSR count). The van der Waals surface area contributed by atoms with E-state index < -0.39 is 0 Å². The van der Waals surface area contributed by atoms with Gasteiger partial charge in [0.15, 0.2) is 0 Å². The minimum Gasteiger partial charge on any atom is -0.494 e. The third kappa shape index (κ3) is 6.37. The highest BCUT2D eigenvalue weighted by Gasteiger charge is 2.10. The Balaban J connectivity index is 1.73. The van der Waals surface area contributed by atoms with Gasteiger partial charge in [-0.15, -0.1) is 0 Å². The molecule has 134 valence electrons. The van der Waals surface area contributed by atoms with Crippen molar-refractivity contribution in [3.63, 3.8) is 0 Å². The van der Waals surface area contributed by atoms with Gasteiger partial charge in [0, 0.05) is 0 Å². The Labute approximate surface area is 149 Å². The third-order valence-corrected chi connectivity index (χ3v) is 3.66. The quantitative estimate of drug-likeness (QED) is 0.717. The number of benzene rings is 2. The number of urea groups is 1. The summed E-state index contributed by atoms with van der Waals surface area (Å²) < 4.78 is 11.1. The monoisotopic (exact) mass is 342 g/mol. The summed E-state index contributed by atoms with van der Waals surface area (Å²) in [7, 11) is 0. The lowest BCUT2D eigenvalue weighted by molar-refractivity contribution is 0.233. The number of nitrogens with one attached hydrogen (secondary N) is 2. The van der Waals surface area contributed by atoms with Gasteiger partial charge in [0.05, 0.1) is 19.2 Å². The zero-order valence-corrected chi connectivity index (χ0v) is 15.0. The summed E-state index contributed by atoms with van der Waals surface area (Å²) in [5.74, 6) is 1.61. The zero-order chi connectivity index (χ0) is 18.1. The van der Waals surface area contributed by atoms with Crippen LogP contribution in [0.15, 0.2) is 48.5 Å². The first-order valence-corrected chi connectivity index (χ1v) is 8.55. The van der Waals surface area contributed by atoms with Gasteiger partial charge in [-0.2, -0.15) is 0 Å². The minimum absolute atomic E-state index is 0.113. The summed E-state index contributed by atoms with van der Waals surface area (Å²) in [6.07, 6.45) is 0. The van der Waals surface area contributed by atoms with E-state index in [1.165, 1.54) is 0 Å². The largest absolute Gasteiger partial charge is 0.494 e. The second kappa shape index (κ2) is 9.57. The van der Waals surface area contributed by atoms with Crippen molar-refractivity contribution in [1.82, 2.24) is 10.6 Å². The van der Waals surface area contributed by atoms with E-state index in [9.17, 15) is 4.79 Å². The van der Waals surface area contributed by atoms with Gasteiger partial charge in [0.25, 0.3) is 0 Å². The molecule has 0 radical (unpaired) electrons. The molecular weight excluding hydrogens is 316 g/mol. The molecule has 0 aliphatic carbocycles. The van der Waals surface area contributed by atoms with Crippen LogP contribution in [0.5, 0.6) is 11.5 Å². The van der Waals surface area contributed by atoms with Crippen molar-refractivity contribution >= 4 is 6.03 Å². The van der Waals surface area contributed by atoms with E-state index in [4.69, 9.17) is 9.47 Å². The predicted molar refractivity (Wildman–Crippen MR) is 99.2 cm³/mol. The average Bonchev–Trinajstić information content (AvgIpc) is 2.59. The maximum atomic E-state index is 12.0. The predicted octanol–water partition coefficient (Wildman–Crippen LogP) is 3.83. The molecule has 0 saturated heterocycles. The number of carbonyl (C=O) groups is 1.